The number of imidazole rings is 1. The van der Waals surface area contributed by atoms with Crippen LogP contribution in [-0.4, -0.2) is 48.0 Å². The lowest BCUT2D eigenvalue weighted by molar-refractivity contribution is -0.0231. The van der Waals surface area contributed by atoms with Gasteiger partial charge in [0.15, 0.2) is 5.03 Å². The van der Waals surface area contributed by atoms with E-state index in [2.05, 4.69) is 9.97 Å². The summed E-state index contributed by atoms with van der Waals surface area (Å²) < 4.78 is 32.1. The Balaban J connectivity index is 2.32. The first-order valence-corrected chi connectivity index (χ1v) is 7.54. The molecule has 6 nitrogen and oxygen atoms in total. The van der Waals surface area contributed by atoms with Crippen LogP contribution in [0.1, 0.15) is 26.1 Å². The summed E-state index contributed by atoms with van der Waals surface area (Å²) in [4.78, 5) is 6.75. The molecule has 1 aliphatic heterocycles. The Morgan fingerprint density at radius 3 is 2.89 bits per heavy atom. The van der Waals surface area contributed by atoms with Gasteiger partial charge in [0.1, 0.15) is 5.82 Å². The van der Waals surface area contributed by atoms with Crippen LogP contribution in [0.25, 0.3) is 0 Å². The number of morpholine rings is 1. The summed E-state index contributed by atoms with van der Waals surface area (Å²) in [5.74, 6) is 0.600. The fraction of sp³-hybridized carbons (Fsp3) is 0.727. The van der Waals surface area contributed by atoms with E-state index >= 15 is 0 Å². The molecule has 1 aromatic rings. The van der Waals surface area contributed by atoms with Crippen molar-refractivity contribution in [3.8, 4) is 0 Å². The number of hydrogen-bond donors (Lipinski definition) is 1. The Morgan fingerprint density at radius 2 is 2.33 bits per heavy atom. The number of ether oxygens (including phenoxy) is 1. The monoisotopic (exact) mass is 273 g/mol. The van der Waals surface area contributed by atoms with Crippen LogP contribution >= 0.6 is 0 Å². The second-order valence-corrected chi connectivity index (χ2v) is 6.47. The maximum absolute atomic E-state index is 12.5. The number of hydrogen-bond acceptors (Lipinski definition) is 4. The molecule has 2 heterocycles. The van der Waals surface area contributed by atoms with Crippen molar-refractivity contribution in [1.82, 2.24) is 14.3 Å². The van der Waals surface area contributed by atoms with Crippen molar-refractivity contribution >= 4 is 10.0 Å². The normalized spacial score (nSPS) is 26.4. The number of H-pyrrole nitrogens is 1. The molecule has 1 aromatic heterocycles. The van der Waals surface area contributed by atoms with Gasteiger partial charge in [-0.15, -0.1) is 0 Å². The molecule has 7 heteroatoms. The number of aromatic nitrogens is 2. The molecule has 0 aliphatic carbocycles. The molecule has 1 fully saturated rings. The smallest absolute Gasteiger partial charge is 0.260 e. The van der Waals surface area contributed by atoms with Crippen molar-refractivity contribution in [3.63, 3.8) is 0 Å². The van der Waals surface area contributed by atoms with Crippen LogP contribution in [0.5, 0.6) is 0 Å². The number of aromatic amines is 1. The van der Waals surface area contributed by atoms with E-state index in [4.69, 9.17) is 4.74 Å². The zero-order valence-electron chi connectivity index (χ0n) is 10.9. The van der Waals surface area contributed by atoms with Crippen molar-refractivity contribution in [1.29, 1.82) is 0 Å². The standard InChI is InChI=1S/C11H19N3O3S/c1-4-10-7-17-8(2)6-14(10)18(15,16)11-5-12-9(3)13-11/h5,8,10H,4,6-7H2,1-3H3,(H,12,13). The molecule has 0 radical (unpaired) electrons. The highest BCUT2D eigenvalue weighted by Gasteiger charge is 2.36. The van der Waals surface area contributed by atoms with Crippen LogP contribution in [0, 0.1) is 6.92 Å². The number of nitrogens with one attached hydrogen (secondary N) is 1. The van der Waals surface area contributed by atoms with E-state index in [-0.39, 0.29) is 17.2 Å². The quantitative estimate of drug-likeness (QED) is 0.888. The lowest BCUT2D eigenvalue weighted by Gasteiger charge is -2.36. The van der Waals surface area contributed by atoms with Crippen LogP contribution in [-0.2, 0) is 14.8 Å². The molecular formula is C11H19N3O3S. The van der Waals surface area contributed by atoms with Crippen molar-refractivity contribution in [2.75, 3.05) is 13.2 Å². The number of nitrogens with zero attached hydrogens (tertiary/aromatic N) is 2. The third kappa shape index (κ3) is 2.43. The zero-order valence-corrected chi connectivity index (χ0v) is 11.7. The van der Waals surface area contributed by atoms with Gasteiger partial charge in [-0.1, -0.05) is 6.92 Å². The van der Waals surface area contributed by atoms with Gasteiger partial charge in [-0.25, -0.2) is 13.4 Å². The van der Waals surface area contributed by atoms with Gasteiger partial charge in [-0.05, 0) is 20.3 Å². The van der Waals surface area contributed by atoms with E-state index in [9.17, 15) is 8.42 Å². The molecule has 102 valence electrons. The Kier molecular flexibility index (Phi) is 3.74. The van der Waals surface area contributed by atoms with Crippen LogP contribution in [0.4, 0.5) is 0 Å². The average molecular weight is 273 g/mol. The molecule has 2 rings (SSSR count). The maximum atomic E-state index is 12.5. The SMILES string of the molecule is CCC1COC(C)CN1S(=O)(=O)c1cnc(C)[nH]1. The van der Waals surface area contributed by atoms with Gasteiger partial charge >= 0.3 is 0 Å². The lowest BCUT2D eigenvalue weighted by Crippen LogP contribution is -2.51. The van der Waals surface area contributed by atoms with Crippen LogP contribution in [0.15, 0.2) is 11.2 Å². The summed E-state index contributed by atoms with van der Waals surface area (Å²) in [6, 6.07) is -0.102. The molecule has 1 aliphatic rings. The van der Waals surface area contributed by atoms with Crippen LogP contribution in [0.2, 0.25) is 0 Å². The second kappa shape index (κ2) is 4.99. The highest BCUT2D eigenvalue weighted by molar-refractivity contribution is 7.89. The maximum Gasteiger partial charge on any atom is 0.260 e. The minimum Gasteiger partial charge on any atom is -0.375 e. The first-order chi connectivity index (χ1) is 8.45. The molecule has 0 spiro atoms. The molecular weight excluding hydrogens is 254 g/mol. The largest absolute Gasteiger partial charge is 0.375 e. The first kappa shape index (κ1) is 13.5. The second-order valence-electron chi connectivity index (χ2n) is 4.61. The van der Waals surface area contributed by atoms with Gasteiger partial charge in [-0.3, -0.25) is 0 Å². The summed E-state index contributed by atoms with van der Waals surface area (Å²) in [6.07, 6.45) is 2.03. The lowest BCUT2D eigenvalue weighted by atomic mass is 10.2. The van der Waals surface area contributed by atoms with Crippen molar-refractivity contribution in [3.05, 3.63) is 12.0 Å². The molecule has 0 amide bonds. The predicted molar refractivity (Wildman–Crippen MR) is 66.7 cm³/mol. The van der Waals surface area contributed by atoms with Crippen LogP contribution in [0.3, 0.4) is 0 Å². The third-order valence-electron chi connectivity index (χ3n) is 3.15. The predicted octanol–water partition coefficient (Wildman–Crippen LogP) is 0.906. The zero-order chi connectivity index (χ0) is 13.3. The van der Waals surface area contributed by atoms with Gasteiger partial charge in [0, 0.05) is 12.6 Å². The van der Waals surface area contributed by atoms with E-state index in [0.29, 0.717) is 19.0 Å². The fourth-order valence-corrected chi connectivity index (χ4v) is 3.81. The highest BCUT2D eigenvalue weighted by atomic mass is 32.2. The molecule has 0 bridgehead atoms. The fourth-order valence-electron chi connectivity index (χ4n) is 2.09. The number of sulfonamides is 1. The summed E-state index contributed by atoms with van der Waals surface area (Å²) in [7, 11) is -3.50. The van der Waals surface area contributed by atoms with E-state index in [0.717, 1.165) is 6.42 Å². The molecule has 0 saturated carbocycles. The minimum absolute atomic E-state index is 0.0772. The topological polar surface area (TPSA) is 75.3 Å². The van der Waals surface area contributed by atoms with E-state index in [1.807, 2.05) is 13.8 Å². The summed E-state index contributed by atoms with van der Waals surface area (Å²) >= 11 is 0. The first-order valence-electron chi connectivity index (χ1n) is 6.10. The van der Waals surface area contributed by atoms with Crippen molar-refractivity contribution in [2.24, 2.45) is 0 Å². The molecule has 1 saturated heterocycles. The van der Waals surface area contributed by atoms with Gasteiger partial charge in [0.05, 0.1) is 18.9 Å². The van der Waals surface area contributed by atoms with E-state index in [1.165, 1.54) is 10.5 Å². The average Bonchev–Trinajstić information content (AvgIpc) is 2.76. The van der Waals surface area contributed by atoms with Gasteiger partial charge < -0.3 is 9.72 Å². The van der Waals surface area contributed by atoms with E-state index in [1.54, 1.807) is 6.92 Å². The summed E-state index contributed by atoms with van der Waals surface area (Å²) in [5, 5.41) is 0.160. The minimum atomic E-state index is -3.50. The molecule has 2 unspecified atom stereocenters. The van der Waals surface area contributed by atoms with Crippen molar-refractivity contribution < 1.29 is 13.2 Å². The molecule has 2 atom stereocenters. The summed E-state index contributed by atoms with van der Waals surface area (Å²) in [6.45, 7) is 6.42. The molecule has 1 N–H and O–H groups in total. The summed E-state index contributed by atoms with van der Waals surface area (Å²) in [5.41, 5.74) is 0. The molecule has 18 heavy (non-hydrogen) atoms. The molecule has 0 aromatic carbocycles. The van der Waals surface area contributed by atoms with Gasteiger partial charge in [-0.2, -0.15) is 4.31 Å². The van der Waals surface area contributed by atoms with Gasteiger partial charge in [0.25, 0.3) is 10.0 Å². The van der Waals surface area contributed by atoms with Crippen LogP contribution < -0.4 is 0 Å². The van der Waals surface area contributed by atoms with Crippen molar-refractivity contribution in [2.45, 2.75) is 44.4 Å². The number of aryl methyl sites for hydroxylation is 1. The van der Waals surface area contributed by atoms with Gasteiger partial charge in [0.2, 0.25) is 0 Å². The number of rotatable bonds is 3. The Morgan fingerprint density at radius 1 is 1.61 bits per heavy atom. The Hall–Kier alpha value is -0.920. The third-order valence-corrected chi connectivity index (χ3v) is 4.98. The Labute approximate surface area is 107 Å². The Bertz CT molecular complexity index is 511. The van der Waals surface area contributed by atoms with E-state index < -0.39 is 10.0 Å². The highest BCUT2D eigenvalue weighted by Crippen LogP contribution is 2.22.